The predicted octanol–water partition coefficient (Wildman–Crippen LogP) is 1.37. The lowest BCUT2D eigenvalue weighted by atomic mass is 10.3. The van der Waals surface area contributed by atoms with Gasteiger partial charge in [0.25, 0.3) is 0 Å². The minimum absolute atomic E-state index is 0.0289. The van der Waals surface area contributed by atoms with Crippen LogP contribution in [0.15, 0.2) is 28.0 Å². The molecule has 0 saturated heterocycles. The number of carbonyl (C=O) groups is 2. The maximum atomic E-state index is 12.3. The zero-order valence-corrected chi connectivity index (χ0v) is 14.9. The Labute approximate surface area is 149 Å². The van der Waals surface area contributed by atoms with Crippen molar-refractivity contribution in [3.8, 4) is 0 Å². The first kappa shape index (κ1) is 17.5. The molecular weight excluding hydrogens is 342 g/mol. The highest BCUT2D eigenvalue weighted by Crippen LogP contribution is 2.40. The molecule has 2 aromatic rings. The van der Waals surface area contributed by atoms with Crippen molar-refractivity contribution in [1.82, 2.24) is 19.7 Å². The van der Waals surface area contributed by atoms with Crippen molar-refractivity contribution >= 4 is 23.6 Å². The third-order valence-electron chi connectivity index (χ3n) is 3.99. The van der Waals surface area contributed by atoms with Crippen LogP contribution in [0.2, 0.25) is 0 Å². The maximum Gasteiger partial charge on any atom is 0.233 e. The van der Waals surface area contributed by atoms with Crippen LogP contribution in [-0.4, -0.2) is 44.3 Å². The minimum Gasteiger partial charge on any atom is -0.467 e. The Morgan fingerprint density at radius 2 is 2.24 bits per heavy atom. The molecule has 0 aliphatic heterocycles. The molecule has 2 aromatic heterocycles. The quantitative estimate of drug-likeness (QED) is 0.674. The Kier molecular flexibility index (Phi) is 5.42. The third-order valence-corrected chi connectivity index (χ3v) is 4.94. The summed E-state index contributed by atoms with van der Waals surface area (Å²) in [5, 5.41) is 9.09. The number of hydrogen-bond donors (Lipinski definition) is 1. The van der Waals surface area contributed by atoms with Crippen LogP contribution in [-0.2, 0) is 22.7 Å². The number of rotatable bonds is 9. The first-order valence-electron chi connectivity index (χ1n) is 8.15. The Hall–Kier alpha value is -2.29. The monoisotopic (exact) mass is 363 g/mol. The molecule has 3 rings (SSSR count). The van der Waals surface area contributed by atoms with Gasteiger partial charge < -0.3 is 19.6 Å². The van der Waals surface area contributed by atoms with Gasteiger partial charge in [-0.15, -0.1) is 10.2 Å². The predicted molar refractivity (Wildman–Crippen MR) is 91.7 cm³/mol. The van der Waals surface area contributed by atoms with Crippen LogP contribution in [0.3, 0.4) is 0 Å². The van der Waals surface area contributed by atoms with E-state index in [0.29, 0.717) is 24.2 Å². The average Bonchev–Trinajstić information content (AvgIpc) is 3.14. The highest BCUT2D eigenvalue weighted by molar-refractivity contribution is 7.99. The van der Waals surface area contributed by atoms with Gasteiger partial charge in [0, 0.05) is 25.9 Å². The van der Waals surface area contributed by atoms with Crippen molar-refractivity contribution in [1.29, 1.82) is 0 Å². The number of carbonyl (C=O) groups excluding carboxylic acids is 2. The number of furan rings is 1. The normalized spacial score (nSPS) is 13.8. The van der Waals surface area contributed by atoms with Gasteiger partial charge >= 0.3 is 0 Å². The van der Waals surface area contributed by atoms with Crippen molar-refractivity contribution in [2.45, 2.75) is 43.4 Å². The van der Waals surface area contributed by atoms with Crippen LogP contribution < -0.4 is 5.73 Å². The van der Waals surface area contributed by atoms with Gasteiger partial charge in [0.1, 0.15) is 11.6 Å². The second-order valence-electron chi connectivity index (χ2n) is 6.10. The molecule has 2 heterocycles. The van der Waals surface area contributed by atoms with Gasteiger partial charge in [0.2, 0.25) is 11.8 Å². The molecule has 0 atom stereocenters. The second-order valence-corrected chi connectivity index (χ2v) is 7.04. The van der Waals surface area contributed by atoms with Crippen molar-refractivity contribution in [3.63, 3.8) is 0 Å². The van der Waals surface area contributed by atoms with E-state index in [1.54, 1.807) is 24.3 Å². The van der Waals surface area contributed by atoms with Crippen LogP contribution in [0.25, 0.3) is 0 Å². The SMILES string of the molecule is CN(Cc1ccco1)C(=O)CSc1nnc(C2CC2)n1CCC(N)=O. The van der Waals surface area contributed by atoms with Gasteiger partial charge in [-0.2, -0.15) is 0 Å². The topological polar surface area (TPSA) is 107 Å². The highest BCUT2D eigenvalue weighted by atomic mass is 32.2. The van der Waals surface area contributed by atoms with Gasteiger partial charge in [-0.25, -0.2) is 0 Å². The molecule has 1 saturated carbocycles. The van der Waals surface area contributed by atoms with Crippen molar-refractivity contribution in [2.24, 2.45) is 5.73 Å². The van der Waals surface area contributed by atoms with E-state index in [4.69, 9.17) is 10.2 Å². The zero-order chi connectivity index (χ0) is 17.8. The zero-order valence-electron chi connectivity index (χ0n) is 14.1. The maximum absolute atomic E-state index is 12.3. The van der Waals surface area contributed by atoms with E-state index in [1.165, 1.54) is 11.8 Å². The Morgan fingerprint density at radius 3 is 2.88 bits per heavy atom. The third kappa shape index (κ3) is 4.62. The number of hydrogen-bond acceptors (Lipinski definition) is 6. The van der Waals surface area contributed by atoms with E-state index in [0.717, 1.165) is 24.4 Å². The number of primary amides is 1. The molecular formula is C16H21N5O3S. The molecule has 0 bridgehead atoms. The van der Waals surface area contributed by atoms with Crippen LogP contribution in [0.1, 0.15) is 36.8 Å². The summed E-state index contributed by atoms with van der Waals surface area (Å²) in [6.07, 6.45) is 4.00. The van der Waals surface area contributed by atoms with Crippen LogP contribution in [0, 0.1) is 0 Å². The Morgan fingerprint density at radius 1 is 1.44 bits per heavy atom. The smallest absolute Gasteiger partial charge is 0.233 e. The molecule has 0 spiro atoms. The van der Waals surface area contributed by atoms with Crippen molar-refractivity contribution in [2.75, 3.05) is 12.8 Å². The lowest BCUT2D eigenvalue weighted by molar-refractivity contribution is -0.127. The number of aromatic nitrogens is 3. The lowest BCUT2D eigenvalue weighted by Crippen LogP contribution is -2.27. The second kappa shape index (κ2) is 7.73. The fourth-order valence-corrected chi connectivity index (χ4v) is 3.36. The molecule has 1 aliphatic rings. The molecule has 0 radical (unpaired) electrons. The van der Waals surface area contributed by atoms with Gasteiger partial charge in [-0.3, -0.25) is 9.59 Å². The molecule has 8 nitrogen and oxygen atoms in total. The first-order valence-corrected chi connectivity index (χ1v) is 9.13. The molecule has 2 N–H and O–H groups in total. The largest absolute Gasteiger partial charge is 0.467 e. The van der Waals surface area contributed by atoms with Crippen LogP contribution in [0.5, 0.6) is 0 Å². The van der Waals surface area contributed by atoms with Gasteiger partial charge in [0.05, 0.1) is 18.6 Å². The van der Waals surface area contributed by atoms with Gasteiger partial charge in [0.15, 0.2) is 5.16 Å². The molecule has 25 heavy (non-hydrogen) atoms. The molecule has 9 heteroatoms. The fraction of sp³-hybridized carbons (Fsp3) is 0.500. The Bertz CT molecular complexity index is 739. The fourth-order valence-electron chi connectivity index (χ4n) is 2.44. The summed E-state index contributed by atoms with van der Waals surface area (Å²) in [5.74, 6) is 1.89. The van der Waals surface area contributed by atoms with Gasteiger partial charge in [-0.05, 0) is 25.0 Å². The molecule has 134 valence electrons. The summed E-state index contributed by atoms with van der Waals surface area (Å²) in [7, 11) is 1.73. The summed E-state index contributed by atoms with van der Waals surface area (Å²) >= 11 is 1.33. The summed E-state index contributed by atoms with van der Waals surface area (Å²) < 4.78 is 7.18. The summed E-state index contributed by atoms with van der Waals surface area (Å²) in [6, 6.07) is 3.63. The average molecular weight is 363 g/mol. The lowest BCUT2D eigenvalue weighted by Gasteiger charge is -2.15. The molecule has 0 aromatic carbocycles. The van der Waals surface area contributed by atoms with E-state index >= 15 is 0 Å². The molecule has 1 fully saturated rings. The molecule has 0 unspecified atom stereocenters. The molecule has 1 aliphatic carbocycles. The van der Waals surface area contributed by atoms with Crippen molar-refractivity contribution in [3.05, 3.63) is 30.0 Å². The summed E-state index contributed by atoms with van der Waals surface area (Å²) in [5.41, 5.74) is 5.26. The first-order chi connectivity index (χ1) is 12.0. The molecule has 2 amide bonds. The number of nitrogens with two attached hydrogens (primary N) is 1. The van der Waals surface area contributed by atoms with E-state index in [9.17, 15) is 9.59 Å². The van der Waals surface area contributed by atoms with E-state index < -0.39 is 0 Å². The van der Waals surface area contributed by atoms with Crippen LogP contribution >= 0.6 is 11.8 Å². The Balaban J connectivity index is 1.60. The number of nitrogens with zero attached hydrogens (tertiary/aromatic N) is 4. The number of amides is 2. The van der Waals surface area contributed by atoms with E-state index in [2.05, 4.69) is 10.2 Å². The van der Waals surface area contributed by atoms with Crippen molar-refractivity contribution < 1.29 is 14.0 Å². The minimum atomic E-state index is -0.361. The van der Waals surface area contributed by atoms with E-state index in [-0.39, 0.29) is 24.0 Å². The van der Waals surface area contributed by atoms with E-state index in [1.807, 2.05) is 10.6 Å². The highest BCUT2D eigenvalue weighted by Gasteiger charge is 2.30. The summed E-state index contributed by atoms with van der Waals surface area (Å²) in [4.78, 5) is 25.0. The summed E-state index contributed by atoms with van der Waals surface area (Å²) in [6.45, 7) is 0.876. The van der Waals surface area contributed by atoms with Crippen LogP contribution in [0.4, 0.5) is 0 Å². The van der Waals surface area contributed by atoms with Gasteiger partial charge in [-0.1, -0.05) is 11.8 Å². The standard InChI is InChI=1S/C16H21N5O3S/c1-20(9-12-3-2-8-24-12)14(23)10-25-16-19-18-15(11-4-5-11)21(16)7-6-13(17)22/h2-3,8,11H,4-7,9-10H2,1H3,(H2,17,22). The number of thioether (sulfide) groups is 1.